The van der Waals surface area contributed by atoms with E-state index >= 15 is 0 Å². The Bertz CT molecular complexity index is 323. The molecule has 0 saturated carbocycles. The molecule has 25 heavy (non-hydrogen) atoms. The van der Waals surface area contributed by atoms with Gasteiger partial charge in [-0.05, 0) is 40.4 Å². The van der Waals surface area contributed by atoms with E-state index < -0.39 is 0 Å². The highest BCUT2D eigenvalue weighted by Crippen LogP contribution is 2.03. The van der Waals surface area contributed by atoms with E-state index in [1.165, 1.54) is 38.6 Å². The zero-order valence-corrected chi connectivity index (χ0v) is 18.9. The number of halogens is 1. The lowest BCUT2D eigenvalue weighted by Gasteiger charge is -2.26. The molecule has 0 aliphatic carbocycles. The molecular formula is C18H40IN5O. The highest BCUT2D eigenvalue weighted by molar-refractivity contribution is 14.0. The zero-order chi connectivity index (χ0) is 17.5. The van der Waals surface area contributed by atoms with Gasteiger partial charge in [0.25, 0.3) is 0 Å². The largest absolute Gasteiger partial charge is 0.379 e. The van der Waals surface area contributed by atoms with Gasteiger partial charge in [-0.25, -0.2) is 0 Å². The maximum Gasteiger partial charge on any atom is 0.191 e. The summed E-state index contributed by atoms with van der Waals surface area (Å²) in [6, 6.07) is 0. The first kappa shape index (κ1) is 24.9. The molecule has 2 N–H and O–H groups in total. The number of hydrogen-bond acceptors (Lipinski definition) is 4. The third kappa shape index (κ3) is 14.7. The number of nitrogens with one attached hydrogen (secondary N) is 2. The number of unbranched alkanes of at least 4 members (excludes halogenated alkanes) is 4. The van der Waals surface area contributed by atoms with Crippen molar-refractivity contribution >= 4 is 29.9 Å². The number of aliphatic imine (C=N–C) groups is 1. The Hall–Kier alpha value is -0.120. The summed E-state index contributed by atoms with van der Waals surface area (Å²) in [5.74, 6) is 0.957. The van der Waals surface area contributed by atoms with E-state index in [9.17, 15) is 0 Å². The van der Waals surface area contributed by atoms with E-state index in [0.717, 1.165) is 58.4 Å². The lowest BCUT2D eigenvalue weighted by molar-refractivity contribution is 0.0389. The van der Waals surface area contributed by atoms with Crippen LogP contribution in [0.3, 0.4) is 0 Å². The molecule has 1 aliphatic rings. The fourth-order valence-electron chi connectivity index (χ4n) is 2.76. The highest BCUT2D eigenvalue weighted by atomic mass is 127. The fourth-order valence-corrected chi connectivity index (χ4v) is 2.76. The molecule has 0 aromatic carbocycles. The first-order chi connectivity index (χ1) is 11.7. The van der Waals surface area contributed by atoms with Crippen LogP contribution in [0.2, 0.25) is 0 Å². The molecular weight excluding hydrogens is 429 g/mol. The third-order valence-corrected chi connectivity index (χ3v) is 4.20. The summed E-state index contributed by atoms with van der Waals surface area (Å²) in [5, 5.41) is 6.78. The van der Waals surface area contributed by atoms with Gasteiger partial charge < -0.3 is 20.3 Å². The van der Waals surface area contributed by atoms with Crippen LogP contribution in [0.4, 0.5) is 0 Å². The molecule has 0 unspecified atom stereocenters. The molecule has 0 bridgehead atoms. The van der Waals surface area contributed by atoms with Gasteiger partial charge in [-0.3, -0.25) is 9.89 Å². The first-order valence-corrected chi connectivity index (χ1v) is 9.69. The van der Waals surface area contributed by atoms with Crippen LogP contribution in [0, 0.1) is 0 Å². The molecule has 0 spiro atoms. The van der Waals surface area contributed by atoms with Crippen LogP contribution < -0.4 is 10.6 Å². The fraction of sp³-hybridized carbons (Fsp3) is 0.944. The van der Waals surface area contributed by atoms with Crippen molar-refractivity contribution in [2.24, 2.45) is 4.99 Å². The van der Waals surface area contributed by atoms with Crippen molar-refractivity contribution in [1.29, 1.82) is 0 Å². The maximum atomic E-state index is 5.38. The molecule has 7 heteroatoms. The van der Waals surface area contributed by atoms with Crippen LogP contribution in [0.5, 0.6) is 0 Å². The average molecular weight is 469 g/mol. The lowest BCUT2D eigenvalue weighted by Crippen LogP contribution is -2.44. The van der Waals surface area contributed by atoms with Gasteiger partial charge in [0.05, 0.1) is 13.2 Å². The number of ether oxygens (including phenoxy) is 1. The molecule has 0 aromatic heterocycles. The molecule has 1 fully saturated rings. The molecule has 0 aromatic rings. The van der Waals surface area contributed by atoms with Gasteiger partial charge in [0, 0.05) is 39.3 Å². The summed E-state index contributed by atoms with van der Waals surface area (Å²) >= 11 is 0. The van der Waals surface area contributed by atoms with E-state index in [0.29, 0.717) is 0 Å². The third-order valence-electron chi connectivity index (χ3n) is 4.20. The van der Waals surface area contributed by atoms with Crippen LogP contribution in [0.1, 0.15) is 39.0 Å². The van der Waals surface area contributed by atoms with Crippen molar-refractivity contribution in [2.75, 3.05) is 73.1 Å². The minimum atomic E-state index is 0. The molecule has 6 nitrogen and oxygen atoms in total. The Labute approximate surface area is 172 Å². The minimum Gasteiger partial charge on any atom is -0.379 e. The van der Waals surface area contributed by atoms with Crippen LogP contribution in [-0.2, 0) is 4.74 Å². The molecule has 1 rings (SSSR count). The smallest absolute Gasteiger partial charge is 0.191 e. The molecule has 1 aliphatic heterocycles. The van der Waals surface area contributed by atoms with Gasteiger partial charge in [0.2, 0.25) is 0 Å². The van der Waals surface area contributed by atoms with E-state index in [1.807, 2.05) is 0 Å². The van der Waals surface area contributed by atoms with Crippen LogP contribution in [0.25, 0.3) is 0 Å². The van der Waals surface area contributed by atoms with E-state index in [4.69, 9.17) is 4.74 Å². The summed E-state index contributed by atoms with van der Waals surface area (Å²) in [7, 11) is 4.28. The van der Waals surface area contributed by atoms with Crippen LogP contribution >= 0.6 is 24.0 Å². The standard InChI is InChI=1S/C18H39N5O.HI/c1-4-19-18(21-11-13-23-14-16-24-17-15-23)20-10-8-6-5-7-9-12-22(2)3;/h4-17H2,1-3H3,(H2,19,20,21);1H. The van der Waals surface area contributed by atoms with Gasteiger partial charge in [-0.2, -0.15) is 0 Å². The van der Waals surface area contributed by atoms with E-state index in [-0.39, 0.29) is 24.0 Å². The number of nitrogens with zero attached hydrogens (tertiary/aromatic N) is 3. The Balaban J connectivity index is 0.00000576. The quantitative estimate of drug-likeness (QED) is 0.198. The number of guanidine groups is 1. The first-order valence-electron chi connectivity index (χ1n) is 9.69. The van der Waals surface area contributed by atoms with Crippen molar-refractivity contribution in [3.8, 4) is 0 Å². The Morgan fingerprint density at radius 2 is 1.72 bits per heavy atom. The van der Waals surface area contributed by atoms with Crippen molar-refractivity contribution < 1.29 is 4.74 Å². The van der Waals surface area contributed by atoms with Gasteiger partial charge in [0.1, 0.15) is 0 Å². The van der Waals surface area contributed by atoms with Crippen molar-refractivity contribution in [2.45, 2.75) is 39.0 Å². The second kappa shape index (κ2) is 17.3. The summed E-state index contributed by atoms with van der Waals surface area (Å²) in [5.41, 5.74) is 0. The molecule has 0 radical (unpaired) electrons. The second-order valence-electron chi connectivity index (χ2n) is 6.71. The van der Waals surface area contributed by atoms with Crippen molar-refractivity contribution in [3.63, 3.8) is 0 Å². The second-order valence-corrected chi connectivity index (χ2v) is 6.71. The van der Waals surface area contributed by atoms with Gasteiger partial charge in [-0.1, -0.05) is 19.3 Å². The number of rotatable bonds is 12. The van der Waals surface area contributed by atoms with E-state index in [1.54, 1.807) is 0 Å². The van der Waals surface area contributed by atoms with Crippen molar-refractivity contribution in [1.82, 2.24) is 20.4 Å². The maximum absolute atomic E-state index is 5.38. The number of hydrogen-bond donors (Lipinski definition) is 2. The van der Waals surface area contributed by atoms with Crippen LogP contribution in [-0.4, -0.2) is 88.9 Å². The summed E-state index contributed by atoms with van der Waals surface area (Å²) < 4.78 is 5.38. The summed E-state index contributed by atoms with van der Waals surface area (Å²) in [6.45, 7) is 11.0. The summed E-state index contributed by atoms with van der Waals surface area (Å²) in [4.78, 5) is 9.38. The van der Waals surface area contributed by atoms with Gasteiger partial charge >= 0.3 is 0 Å². The predicted octanol–water partition coefficient (Wildman–Crippen LogP) is 2.00. The monoisotopic (exact) mass is 469 g/mol. The van der Waals surface area contributed by atoms with Gasteiger partial charge in [0.15, 0.2) is 5.96 Å². The Kier molecular flexibility index (Phi) is 17.2. The Morgan fingerprint density at radius 3 is 2.40 bits per heavy atom. The van der Waals surface area contributed by atoms with E-state index in [2.05, 4.69) is 46.4 Å². The molecule has 1 heterocycles. The molecule has 1 saturated heterocycles. The predicted molar refractivity (Wildman–Crippen MR) is 118 cm³/mol. The molecule has 0 amide bonds. The minimum absolute atomic E-state index is 0. The topological polar surface area (TPSA) is 52.1 Å². The summed E-state index contributed by atoms with van der Waals surface area (Å²) in [6.07, 6.45) is 6.43. The zero-order valence-electron chi connectivity index (χ0n) is 16.6. The molecule has 150 valence electrons. The Morgan fingerprint density at radius 1 is 1.04 bits per heavy atom. The normalized spacial score (nSPS) is 15.9. The highest BCUT2D eigenvalue weighted by Gasteiger charge is 2.09. The van der Waals surface area contributed by atoms with Crippen molar-refractivity contribution in [3.05, 3.63) is 0 Å². The molecule has 0 atom stereocenters. The number of morpholine rings is 1. The van der Waals surface area contributed by atoms with Crippen LogP contribution in [0.15, 0.2) is 4.99 Å². The lowest BCUT2D eigenvalue weighted by atomic mass is 10.1. The SMILES string of the molecule is CCNC(=NCCCCCCCN(C)C)NCCN1CCOCC1.I. The average Bonchev–Trinajstić information content (AvgIpc) is 2.58. The van der Waals surface area contributed by atoms with Gasteiger partial charge in [-0.15, -0.1) is 24.0 Å².